The molecule has 0 bridgehead atoms. The minimum atomic E-state index is -0.887. The third kappa shape index (κ3) is 2.38. The van der Waals surface area contributed by atoms with Gasteiger partial charge in [-0.25, -0.2) is 0 Å². The summed E-state index contributed by atoms with van der Waals surface area (Å²) < 4.78 is 5.69. The van der Waals surface area contributed by atoms with Crippen molar-refractivity contribution in [3.05, 3.63) is 35.4 Å². The molecule has 0 saturated carbocycles. The Balaban J connectivity index is 1.63. The zero-order valence-corrected chi connectivity index (χ0v) is 13.5. The lowest BCUT2D eigenvalue weighted by Crippen LogP contribution is -2.73. The molecule has 1 N–H and O–H groups in total. The van der Waals surface area contributed by atoms with Gasteiger partial charge < -0.3 is 14.8 Å². The summed E-state index contributed by atoms with van der Waals surface area (Å²) in [7, 11) is 0. The SMILES string of the molecule is O=CCC([C@@H]1CCCO1)[C@H]1NC(=O)[C@H]1N1C(=O)c2ccccc2C1=O. The Morgan fingerprint density at radius 1 is 1.20 bits per heavy atom. The second-order valence-corrected chi connectivity index (χ2v) is 6.62. The third-order valence-corrected chi connectivity index (χ3v) is 5.29. The van der Waals surface area contributed by atoms with Crippen LogP contribution in [0.15, 0.2) is 24.3 Å². The molecule has 0 aliphatic carbocycles. The fraction of sp³-hybridized carbons (Fsp3) is 0.444. The van der Waals surface area contributed by atoms with E-state index in [0.717, 1.165) is 24.0 Å². The number of nitrogens with zero attached hydrogens (tertiary/aromatic N) is 1. The van der Waals surface area contributed by atoms with Gasteiger partial charge >= 0.3 is 0 Å². The van der Waals surface area contributed by atoms with Crippen LogP contribution in [0, 0.1) is 5.92 Å². The van der Waals surface area contributed by atoms with Crippen LogP contribution in [0.1, 0.15) is 40.0 Å². The molecular weight excluding hydrogens is 324 g/mol. The number of amides is 3. The number of β-lactam (4-membered cyclic amide) rings is 1. The van der Waals surface area contributed by atoms with E-state index in [-0.39, 0.29) is 24.3 Å². The molecule has 25 heavy (non-hydrogen) atoms. The summed E-state index contributed by atoms with van der Waals surface area (Å²) in [5.74, 6) is -1.52. The molecule has 1 aromatic carbocycles. The summed E-state index contributed by atoms with van der Waals surface area (Å²) in [6.45, 7) is 0.623. The summed E-state index contributed by atoms with van der Waals surface area (Å²) in [5.41, 5.74) is 0.630. The fourth-order valence-electron chi connectivity index (χ4n) is 4.06. The molecule has 3 aliphatic rings. The molecule has 130 valence electrons. The Morgan fingerprint density at radius 3 is 2.40 bits per heavy atom. The first-order valence-corrected chi connectivity index (χ1v) is 8.46. The lowest BCUT2D eigenvalue weighted by Gasteiger charge is -2.45. The Morgan fingerprint density at radius 2 is 1.88 bits per heavy atom. The Hall–Kier alpha value is -2.54. The minimum Gasteiger partial charge on any atom is -0.378 e. The third-order valence-electron chi connectivity index (χ3n) is 5.29. The van der Waals surface area contributed by atoms with Gasteiger partial charge in [0.1, 0.15) is 12.3 Å². The van der Waals surface area contributed by atoms with Gasteiger partial charge in [-0.15, -0.1) is 0 Å². The van der Waals surface area contributed by atoms with Gasteiger partial charge in [0.25, 0.3) is 11.8 Å². The average molecular weight is 342 g/mol. The molecule has 7 nitrogen and oxygen atoms in total. The monoisotopic (exact) mass is 342 g/mol. The minimum absolute atomic E-state index is 0.145. The number of aldehydes is 1. The number of ether oxygens (including phenoxy) is 1. The number of hydrogen-bond donors (Lipinski definition) is 1. The summed E-state index contributed by atoms with van der Waals surface area (Å²) >= 11 is 0. The van der Waals surface area contributed by atoms with Crippen molar-refractivity contribution in [1.29, 1.82) is 0 Å². The predicted octanol–water partition coefficient (Wildman–Crippen LogP) is 0.534. The van der Waals surface area contributed by atoms with Crippen LogP contribution in [0.5, 0.6) is 0 Å². The predicted molar refractivity (Wildman–Crippen MR) is 85.8 cm³/mol. The fourth-order valence-corrected chi connectivity index (χ4v) is 4.06. The molecule has 4 atom stereocenters. The molecule has 3 amide bonds. The molecule has 3 aliphatic heterocycles. The maximum atomic E-state index is 12.7. The van der Waals surface area contributed by atoms with E-state index >= 15 is 0 Å². The van der Waals surface area contributed by atoms with E-state index in [0.29, 0.717) is 17.7 Å². The maximum absolute atomic E-state index is 12.7. The Labute approximate surface area is 144 Å². The van der Waals surface area contributed by atoms with Crippen LogP contribution in [-0.2, 0) is 14.3 Å². The Bertz CT molecular complexity index is 721. The summed E-state index contributed by atoms with van der Waals surface area (Å²) in [6.07, 6.45) is 2.58. The molecule has 1 aromatic rings. The Kier molecular flexibility index (Phi) is 3.88. The van der Waals surface area contributed by atoms with Crippen molar-refractivity contribution in [3.8, 4) is 0 Å². The molecule has 0 aromatic heterocycles. The molecule has 0 spiro atoms. The number of rotatable bonds is 5. The van der Waals surface area contributed by atoms with Crippen molar-refractivity contribution in [3.63, 3.8) is 0 Å². The van der Waals surface area contributed by atoms with Crippen molar-refractivity contribution in [2.75, 3.05) is 6.61 Å². The number of fused-ring (bicyclic) bond motifs is 1. The van der Waals surface area contributed by atoms with E-state index in [9.17, 15) is 19.2 Å². The second kappa shape index (κ2) is 6.07. The zero-order chi connectivity index (χ0) is 17.6. The highest BCUT2D eigenvalue weighted by Gasteiger charge is 2.55. The molecule has 4 rings (SSSR count). The normalized spacial score (nSPS) is 29.2. The largest absolute Gasteiger partial charge is 0.378 e. The maximum Gasteiger partial charge on any atom is 0.262 e. The topological polar surface area (TPSA) is 92.8 Å². The molecule has 7 heteroatoms. The lowest BCUT2D eigenvalue weighted by atomic mass is 9.79. The van der Waals surface area contributed by atoms with Gasteiger partial charge in [-0.2, -0.15) is 0 Å². The molecule has 2 saturated heterocycles. The smallest absolute Gasteiger partial charge is 0.262 e. The molecule has 0 radical (unpaired) electrons. The van der Waals surface area contributed by atoms with Crippen LogP contribution in [0.3, 0.4) is 0 Å². The van der Waals surface area contributed by atoms with E-state index < -0.39 is 23.9 Å². The van der Waals surface area contributed by atoms with Gasteiger partial charge in [0.05, 0.1) is 23.3 Å². The van der Waals surface area contributed by atoms with Gasteiger partial charge in [-0.1, -0.05) is 12.1 Å². The highest BCUT2D eigenvalue weighted by Crippen LogP contribution is 2.35. The first-order valence-electron chi connectivity index (χ1n) is 8.46. The van der Waals surface area contributed by atoms with E-state index in [1.165, 1.54) is 0 Å². The summed E-state index contributed by atoms with van der Waals surface area (Å²) in [4.78, 5) is 49.7. The standard InChI is InChI=1S/C18H18N2O5/c21-8-7-12(13-6-3-9-25-13)14-15(16(22)19-14)20-17(23)10-4-1-2-5-11(10)18(20)24/h1-2,4-5,8,12-15H,3,6-7,9H2,(H,19,22)/t12?,13-,14+,15-/m0/s1. The highest BCUT2D eigenvalue weighted by molar-refractivity contribution is 6.23. The number of carbonyl (C=O) groups excluding carboxylic acids is 4. The van der Waals surface area contributed by atoms with Crippen molar-refractivity contribution in [2.45, 2.75) is 37.5 Å². The number of imide groups is 1. The molecule has 1 unspecified atom stereocenters. The van der Waals surface area contributed by atoms with Crippen molar-refractivity contribution < 1.29 is 23.9 Å². The second-order valence-electron chi connectivity index (χ2n) is 6.62. The quantitative estimate of drug-likeness (QED) is 0.479. The van der Waals surface area contributed by atoms with Crippen LogP contribution in [0.2, 0.25) is 0 Å². The molecule has 3 heterocycles. The van der Waals surface area contributed by atoms with Gasteiger partial charge in [0.2, 0.25) is 5.91 Å². The zero-order valence-electron chi connectivity index (χ0n) is 13.5. The number of carbonyl (C=O) groups is 4. The van der Waals surface area contributed by atoms with E-state index in [4.69, 9.17) is 4.74 Å². The van der Waals surface area contributed by atoms with Gasteiger partial charge in [0.15, 0.2) is 0 Å². The van der Waals surface area contributed by atoms with Crippen LogP contribution >= 0.6 is 0 Å². The van der Waals surface area contributed by atoms with Gasteiger partial charge in [0, 0.05) is 18.9 Å². The van der Waals surface area contributed by atoms with Crippen LogP contribution < -0.4 is 5.32 Å². The van der Waals surface area contributed by atoms with Crippen molar-refractivity contribution >= 4 is 24.0 Å². The highest BCUT2D eigenvalue weighted by atomic mass is 16.5. The average Bonchev–Trinajstić information content (AvgIpc) is 3.22. The summed E-state index contributed by atoms with van der Waals surface area (Å²) in [6, 6.07) is 5.21. The van der Waals surface area contributed by atoms with Crippen LogP contribution in [0.25, 0.3) is 0 Å². The van der Waals surface area contributed by atoms with Crippen LogP contribution in [-0.4, -0.2) is 53.7 Å². The first kappa shape index (κ1) is 16.0. The van der Waals surface area contributed by atoms with E-state index in [1.807, 2.05) is 0 Å². The van der Waals surface area contributed by atoms with E-state index in [2.05, 4.69) is 5.32 Å². The molecular formula is C18H18N2O5. The van der Waals surface area contributed by atoms with Gasteiger partial charge in [-0.05, 0) is 25.0 Å². The lowest BCUT2D eigenvalue weighted by molar-refractivity contribution is -0.139. The number of benzene rings is 1. The van der Waals surface area contributed by atoms with Crippen molar-refractivity contribution in [1.82, 2.24) is 10.2 Å². The number of nitrogens with one attached hydrogen (secondary N) is 1. The summed E-state index contributed by atoms with van der Waals surface area (Å²) in [5, 5.41) is 2.78. The van der Waals surface area contributed by atoms with Crippen LogP contribution in [0.4, 0.5) is 0 Å². The number of hydrogen-bond acceptors (Lipinski definition) is 5. The van der Waals surface area contributed by atoms with Crippen molar-refractivity contribution in [2.24, 2.45) is 5.92 Å². The van der Waals surface area contributed by atoms with E-state index in [1.54, 1.807) is 24.3 Å². The van der Waals surface area contributed by atoms with Gasteiger partial charge in [-0.3, -0.25) is 19.3 Å². The first-order chi connectivity index (χ1) is 12.1. The molecule has 2 fully saturated rings.